The predicted molar refractivity (Wildman–Crippen MR) is 63.1 cm³/mol. The maximum absolute atomic E-state index is 13.5. The lowest BCUT2D eigenvalue weighted by Crippen LogP contribution is -1.98. The van der Waals surface area contributed by atoms with Crippen molar-refractivity contribution in [1.82, 2.24) is 0 Å². The summed E-state index contributed by atoms with van der Waals surface area (Å²) in [6.45, 7) is 1.90. The first-order valence-electron chi connectivity index (χ1n) is 4.71. The molecule has 2 rings (SSSR count). The molecule has 0 fully saturated rings. The van der Waals surface area contributed by atoms with Gasteiger partial charge in [-0.15, -0.1) is 11.6 Å². The summed E-state index contributed by atoms with van der Waals surface area (Å²) in [6, 6.07) is 3.33. The van der Waals surface area contributed by atoms with Gasteiger partial charge < -0.3 is 0 Å². The first-order valence-corrected chi connectivity index (χ1v) is 6.09. The van der Waals surface area contributed by atoms with Crippen molar-refractivity contribution in [1.29, 1.82) is 0 Å². The summed E-state index contributed by atoms with van der Waals surface area (Å²) >= 11 is 7.65. The highest BCUT2D eigenvalue weighted by Crippen LogP contribution is 2.34. The van der Waals surface area contributed by atoms with Crippen molar-refractivity contribution < 1.29 is 8.78 Å². The van der Waals surface area contributed by atoms with Gasteiger partial charge in [-0.3, -0.25) is 0 Å². The molecule has 0 saturated carbocycles. The van der Waals surface area contributed by atoms with E-state index >= 15 is 0 Å². The predicted octanol–water partition coefficient (Wildman–Crippen LogP) is 4.66. The van der Waals surface area contributed by atoms with Gasteiger partial charge in [0, 0.05) is 5.56 Å². The third kappa shape index (κ3) is 2.11. The number of aryl methyl sites for hydroxylation is 1. The minimum Gasteiger partial charge on any atom is -0.207 e. The number of hydrogen-bond acceptors (Lipinski definition) is 1. The zero-order chi connectivity index (χ0) is 11.7. The molecular formula is C12H9ClF2S. The molecule has 1 heterocycles. The van der Waals surface area contributed by atoms with Gasteiger partial charge in [0.05, 0.1) is 5.38 Å². The zero-order valence-electron chi connectivity index (χ0n) is 8.51. The molecule has 4 heteroatoms. The zero-order valence-corrected chi connectivity index (χ0v) is 10.1. The fraction of sp³-hybridized carbons (Fsp3) is 0.167. The molecule has 0 aliphatic rings. The molecule has 0 radical (unpaired) electrons. The Balaban J connectivity index is 2.45. The highest BCUT2D eigenvalue weighted by molar-refractivity contribution is 7.08. The van der Waals surface area contributed by atoms with Crippen molar-refractivity contribution in [3.05, 3.63) is 57.3 Å². The van der Waals surface area contributed by atoms with E-state index in [2.05, 4.69) is 0 Å². The van der Waals surface area contributed by atoms with Crippen LogP contribution < -0.4 is 0 Å². The molecule has 0 saturated heterocycles. The van der Waals surface area contributed by atoms with Crippen molar-refractivity contribution in [2.24, 2.45) is 0 Å². The molecule has 1 aromatic carbocycles. The van der Waals surface area contributed by atoms with E-state index in [4.69, 9.17) is 11.6 Å². The molecular weight excluding hydrogens is 250 g/mol. The van der Waals surface area contributed by atoms with Crippen LogP contribution in [0.1, 0.15) is 22.1 Å². The van der Waals surface area contributed by atoms with Crippen LogP contribution in [0.2, 0.25) is 0 Å². The van der Waals surface area contributed by atoms with Crippen LogP contribution in [0.5, 0.6) is 0 Å². The van der Waals surface area contributed by atoms with E-state index < -0.39 is 17.0 Å². The van der Waals surface area contributed by atoms with Crippen LogP contribution >= 0.6 is 22.9 Å². The van der Waals surface area contributed by atoms with E-state index in [9.17, 15) is 8.78 Å². The summed E-state index contributed by atoms with van der Waals surface area (Å²) in [5, 5.41) is 3.15. The minimum absolute atomic E-state index is 0.183. The Bertz CT molecular complexity index is 507. The molecule has 0 nitrogen and oxygen atoms in total. The van der Waals surface area contributed by atoms with Crippen LogP contribution in [0.15, 0.2) is 29.0 Å². The third-order valence-corrected chi connectivity index (χ3v) is 3.75. The van der Waals surface area contributed by atoms with Gasteiger partial charge in [-0.2, -0.15) is 11.3 Å². The lowest BCUT2D eigenvalue weighted by Gasteiger charge is -2.10. The van der Waals surface area contributed by atoms with Gasteiger partial charge in [0.15, 0.2) is 0 Å². The molecule has 2 aromatic rings. The normalized spacial score (nSPS) is 12.8. The van der Waals surface area contributed by atoms with Gasteiger partial charge in [0.25, 0.3) is 0 Å². The summed E-state index contributed by atoms with van der Waals surface area (Å²) in [5.74, 6) is -0.957. The van der Waals surface area contributed by atoms with Gasteiger partial charge in [0.2, 0.25) is 0 Å². The molecule has 0 aliphatic heterocycles. The molecule has 1 aromatic heterocycles. The van der Waals surface area contributed by atoms with Gasteiger partial charge >= 0.3 is 0 Å². The molecule has 1 unspecified atom stereocenters. The molecule has 0 spiro atoms. The highest BCUT2D eigenvalue weighted by Gasteiger charge is 2.18. The van der Waals surface area contributed by atoms with Crippen molar-refractivity contribution >= 4 is 22.9 Å². The molecule has 84 valence electrons. The SMILES string of the molecule is Cc1cscc1C(Cl)c1cc(F)ccc1F. The highest BCUT2D eigenvalue weighted by atomic mass is 35.5. The van der Waals surface area contributed by atoms with Crippen LogP contribution in [0.4, 0.5) is 8.78 Å². The number of thiophene rings is 1. The molecule has 0 bridgehead atoms. The molecule has 0 aliphatic carbocycles. The quantitative estimate of drug-likeness (QED) is 0.687. The second-order valence-corrected chi connectivity index (χ2v) is 4.72. The van der Waals surface area contributed by atoms with Crippen molar-refractivity contribution in [3.8, 4) is 0 Å². The Morgan fingerprint density at radius 2 is 1.94 bits per heavy atom. The van der Waals surface area contributed by atoms with E-state index in [-0.39, 0.29) is 5.56 Å². The Labute approximate surface area is 101 Å². The van der Waals surface area contributed by atoms with Crippen LogP contribution in [0, 0.1) is 18.6 Å². The fourth-order valence-electron chi connectivity index (χ4n) is 1.51. The van der Waals surface area contributed by atoms with Crippen LogP contribution in [-0.4, -0.2) is 0 Å². The van der Waals surface area contributed by atoms with E-state index in [1.165, 1.54) is 11.3 Å². The first-order chi connectivity index (χ1) is 7.59. The van der Waals surface area contributed by atoms with E-state index in [0.29, 0.717) is 0 Å². The van der Waals surface area contributed by atoms with Gasteiger partial charge in [-0.25, -0.2) is 8.78 Å². The Morgan fingerprint density at radius 3 is 2.56 bits per heavy atom. The van der Waals surface area contributed by atoms with Gasteiger partial charge in [0.1, 0.15) is 11.6 Å². The Kier molecular flexibility index (Phi) is 3.26. The Morgan fingerprint density at radius 1 is 1.19 bits per heavy atom. The monoisotopic (exact) mass is 258 g/mol. The lowest BCUT2D eigenvalue weighted by molar-refractivity contribution is 0.587. The largest absolute Gasteiger partial charge is 0.207 e. The van der Waals surface area contributed by atoms with Crippen LogP contribution in [-0.2, 0) is 0 Å². The fourth-order valence-corrected chi connectivity index (χ4v) is 2.86. The van der Waals surface area contributed by atoms with Crippen molar-refractivity contribution in [2.75, 3.05) is 0 Å². The van der Waals surface area contributed by atoms with Crippen LogP contribution in [0.3, 0.4) is 0 Å². The van der Waals surface area contributed by atoms with Gasteiger partial charge in [-0.1, -0.05) is 0 Å². The van der Waals surface area contributed by atoms with E-state index in [0.717, 1.165) is 29.3 Å². The average Bonchev–Trinajstić information content (AvgIpc) is 2.67. The molecule has 1 atom stereocenters. The summed E-state index contributed by atoms with van der Waals surface area (Å²) < 4.78 is 26.5. The van der Waals surface area contributed by atoms with Crippen molar-refractivity contribution in [2.45, 2.75) is 12.3 Å². The number of alkyl halides is 1. The maximum atomic E-state index is 13.5. The summed E-state index contributed by atoms with van der Waals surface area (Å²) in [7, 11) is 0. The second kappa shape index (κ2) is 4.52. The summed E-state index contributed by atoms with van der Waals surface area (Å²) in [4.78, 5) is 0. The average molecular weight is 259 g/mol. The van der Waals surface area contributed by atoms with E-state index in [1.807, 2.05) is 17.7 Å². The third-order valence-electron chi connectivity index (χ3n) is 2.40. The topological polar surface area (TPSA) is 0 Å². The molecule has 16 heavy (non-hydrogen) atoms. The number of benzene rings is 1. The number of rotatable bonds is 2. The smallest absolute Gasteiger partial charge is 0.128 e. The Hall–Kier alpha value is -0.930. The van der Waals surface area contributed by atoms with Crippen molar-refractivity contribution in [3.63, 3.8) is 0 Å². The standard InChI is InChI=1S/C12H9ClF2S/c1-7-5-16-6-10(7)12(13)9-4-8(14)2-3-11(9)15/h2-6,12H,1H3. The number of halogens is 3. The molecule has 0 N–H and O–H groups in total. The van der Waals surface area contributed by atoms with Crippen LogP contribution in [0.25, 0.3) is 0 Å². The second-order valence-electron chi connectivity index (χ2n) is 3.54. The minimum atomic E-state index is -0.637. The first kappa shape index (κ1) is 11.6. The summed E-state index contributed by atoms with van der Waals surface area (Å²) in [6.07, 6.45) is 0. The van der Waals surface area contributed by atoms with Gasteiger partial charge in [-0.05, 0) is 47.0 Å². The van der Waals surface area contributed by atoms with E-state index in [1.54, 1.807) is 0 Å². The number of hydrogen-bond donors (Lipinski definition) is 0. The molecule has 0 amide bonds. The lowest BCUT2D eigenvalue weighted by atomic mass is 10.0. The maximum Gasteiger partial charge on any atom is 0.128 e. The summed E-state index contributed by atoms with van der Waals surface area (Å²) in [5.41, 5.74) is 2.01.